The molecule has 27 heavy (non-hydrogen) atoms. The van der Waals surface area contributed by atoms with Gasteiger partial charge >= 0.3 is 0 Å². The summed E-state index contributed by atoms with van der Waals surface area (Å²) in [6, 6.07) is 11.2. The van der Waals surface area contributed by atoms with Gasteiger partial charge in [-0.25, -0.2) is 13.4 Å². The van der Waals surface area contributed by atoms with Crippen molar-refractivity contribution in [3.8, 4) is 0 Å². The highest BCUT2D eigenvalue weighted by Gasteiger charge is 2.26. The number of hydrogen-bond donors (Lipinski definition) is 0. The molecule has 10 heteroatoms. The van der Waals surface area contributed by atoms with Crippen LogP contribution in [-0.2, 0) is 14.8 Å². The number of carbonyl (C=O) groups excluding carboxylic acids is 1. The second-order valence-corrected chi connectivity index (χ2v) is 7.61. The second kappa shape index (κ2) is 6.89. The van der Waals surface area contributed by atoms with Crippen LogP contribution in [0.15, 0.2) is 63.5 Å². The fourth-order valence-corrected chi connectivity index (χ4v) is 3.90. The van der Waals surface area contributed by atoms with E-state index in [0.29, 0.717) is 34.6 Å². The number of nitrogens with zero attached hydrogens (tertiary/aromatic N) is 4. The SMILES string of the molecule is O=C(N=Nc1ccc2ocnc2c1)c1ccc(N2CCOCS2(=O)=O)cc1. The number of oxazole rings is 1. The number of ether oxygens (including phenoxy) is 1. The first-order valence-corrected chi connectivity index (χ1v) is 9.61. The van der Waals surface area contributed by atoms with Crippen LogP contribution in [0.4, 0.5) is 11.4 Å². The fraction of sp³-hybridized carbons (Fsp3) is 0.176. The molecule has 9 nitrogen and oxygen atoms in total. The molecule has 0 atom stereocenters. The van der Waals surface area contributed by atoms with Gasteiger partial charge in [0.2, 0.25) is 0 Å². The Morgan fingerprint density at radius 1 is 1.15 bits per heavy atom. The number of carbonyl (C=O) groups is 1. The molecule has 138 valence electrons. The molecule has 1 aliphatic heterocycles. The van der Waals surface area contributed by atoms with Crippen LogP contribution in [0.2, 0.25) is 0 Å². The molecule has 4 rings (SSSR count). The first-order chi connectivity index (χ1) is 13.0. The summed E-state index contributed by atoms with van der Waals surface area (Å²) in [5, 5.41) is 7.62. The molecule has 0 N–H and O–H groups in total. The summed E-state index contributed by atoms with van der Waals surface area (Å²) in [4.78, 5) is 16.2. The highest BCUT2D eigenvalue weighted by molar-refractivity contribution is 7.92. The average Bonchev–Trinajstić information content (AvgIpc) is 3.14. The Hall–Kier alpha value is -3.11. The topological polar surface area (TPSA) is 114 Å². The predicted molar refractivity (Wildman–Crippen MR) is 96.4 cm³/mol. The van der Waals surface area contributed by atoms with Crippen LogP contribution in [0.1, 0.15) is 10.4 Å². The fourth-order valence-electron chi connectivity index (χ4n) is 2.64. The van der Waals surface area contributed by atoms with Gasteiger partial charge in [0.25, 0.3) is 15.9 Å². The van der Waals surface area contributed by atoms with Crippen LogP contribution in [-0.4, -0.2) is 38.4 Å². The summed E-state index contributed by atoms with van der Waals surface area (Å²) in [6.45, 7) is 0.559. The molecule has 0 aliphatic carbocycles. The number of anilines is 1. The first-order valence-electron chi connectivity index (χ1n) is 8.00. The quantitative estimate of drug-likeness (QED) is 0.639. The van der Waals surface area contributed by atoms with Crippen LogP contribution in [0.3, 0.4) is 0 Å². The van der Waals surface area contributed by atoms with Crippen LogP contribution in [0.5, 0.6) is 0 Å². The molecule has 3 aromatic rings. The van der Waals surface area contributed by atoms with Crippen molar-refractivity contribution in [1.29, 1.82) is 0 Å². The number of fused-ring (bicyclic) bond motifs is 1. The molecule has 2 heterocycles. The van der Waals surface area contributed by atoms with Gasteiger partial charge in [0.1, 0.15) is 5.52 Å². The Morgan fingerprint density at radius 2 is 1.96 bits per heavy atom. The maximum absolute atomic E-state index is 12.2. The summed E-state index contributed by atoms with van der Waals surface area (Å²) in [7, 11) is -3.50. The van der Waals surface area contributed by atoms with E-state index in [9.17, 15) is 13.2 Å². The smallest absolute Gasteiger partial charge is 0.295 e. The van der Waals surface area contributed by atoms with E-state index in [1.807, 2.05) is 0 Å². The predicted octanol–water partition coefficient (Wildman–Crippen LogP) is 2.88. The molecule has 1 saturated heterocycles. The zero-order valence-electron chi connectivity index (χ0n) is 14.0. The van der Waals surface area contributed by atoms with Crippen molar-refractivity contribution in [3.05, 3.63) is 54.4 Å². The van der Waals surface area contributed by atoms with Gasteiger partial charge in [-0.1, -0.05) is 0 Å². The van der Waals surface area contributed by atoms with E-state index in [-0.39, 0.29) is 12.5 Å². The maximum atomic E-state index is 12.2. The lowest BCUT2D eigenvalue weighted by atomic mass is 10.2. The molecule has 0 spiro atoms. The summed E-state index contributed by atoms with van der Waals surface area (Å²) >= 11 is 0. The highest BCUT2D eigenvalue weighted by Crippen LogP contribution is 2.23. The standard InChI is InChI=1S/C17H14N4O5S/c22-17(20-19-13-3-6-16-15(9-13)18-10-26-16)12-1-4-14(5-2-12)21-7-8-25-11-27(21,23)24/h1-6,9-10H,7-8,11H2. The maximum Gasteiger partial charge on any atom is 0.295 e. The number of azo groups is 1. The minimum absolute atomic E-state index is 0.236. The Balaban J connectivity index is 1.50. The van der Waals surface area contributed by atoms with Gasteiger partial charge in [-0.2, -0.15) is 0 Å². The van der Waals surface area contributed by atoms with Crippen molar-refractivity contribution < 1.29 is 22.4 Å². The van der Waals surface area contributed by atoms with E-state index in [1.54, 1.807) is 30.3 Å². The van der Waals surface area contributed by atoms with Crippen molar-refractivity contribution in [2.75, 3.05) is 23.4 Å². The molecule has 2 aromatic carbocycles. The molecule has 1 aromatic heterocycles. The van der Waals surface area contributed by atoms with Crippen molar-refractivity contribution in [3.63, 3.8) is 0 Å². The third kappa shape index (κ3) is 3.57. The molecule has 0 radical (unpaired) electrons. The Labute approximate surface area is 154 Å². The van der Waals surface area contributed by atoms with Gasteiger partial charge in [-0.3, -0.25) is 9.10 Å². The molecule has 1 fully saturated rings. The number of benzene rings is 2. The van der Waals surface area contributed by atoms with Crippen LogP contribution in [0.25, 0.3) is 11.1 Å². The largest absolute Gasteiger partial charge is 0.443 e. The Bertz CT molecular complexity index is 1120. The molecule has 0 unspecified atom stereocenters. The highest BCUT2D eigenvalue weighted by atomic mass is 32.2. The normalized spacial score (nSPS) is 16.8. The molecule has 0 bridgehead atoms. The summed E-state index contributed by atoms with van der Waals surface area (Å²) in [6.07, 6.45) is 1.33. The van der Waals surface area contributed by atoms with Crippen molar-refractivity contribution in [2.24, 2.45) is 10.2 Å². The second-order valence-electron chi connectivity index (χ2n) is 5.77. The average molecular weight is 386 g/mol. The molecular formula is C17H14N4O5S. The van der Waals surface area contributed by atoms with E-state index >= 15 is 0 Å². The first kappa shape index (κ1) is 17.3. The summed E-state index contributed by atoms with van der Waals surface area (Å²) in [5.74, 6) is -0.885. The van der Waals surface area contributed by atoms with E-state index in [2.05, 4.69) is 15.2 Å². The third-order valence-electron chi connectivity index (χ3n) is 3.98. The molecule has 1 aliphatic rings. The van der Waals surface area contributed by atoms with Gasteiger partial charge in [0.15, 0.2) is 17.9 Å². The Kier molecular flexibility index (Phi) is 4.42. The van der Waals surface area contributed by atoms with Crippen molar-refractivity contribution in [1.82, 2.24) is 4.98 Å². The number of aromatic nitrogens is 1. The lowest BCUT2D eigenvalue weighted by Crippen LogP contribution is -2.41. The molecule has 0 saturated carbocycles. The monoisotopic (exact) mass is 386 g/mol. The third-order valence-corrected chi connectivity index (χ3v) is 5.51. The van der Waals surface area contributed by atoms with E-state index in [4.69, 9.17) is 9.15 Å². The van der Waals surface area contributed by atoms with Crippen molar-refractivity contribution in [2.45, 2.75) is 0 Å². The number of sulfonamides is 1. The zero-order valence-corrected chi connectivity index (χ0v) is 14.8. The minimum Gasteiger partial charge on any atom is -0.443 e. The molecular weight excluding hydrogens is 372 g/mol. The lowest BCUT2D eigenvalue weighted by molar-refractivity contribution is 0.0995. The number of rotatable bonds is 3. The van der Waals surface area contributed by atoms with Gasteiger partial charge in [-0.05, 0) is 42.5 Å². The summed E-state index contributed by atoms with van der Waals surface area (Å²) in [5.41, 5.74) is 2.49. The lowest BCUT2D eigenvalue weighted by Gasteiger charge is -2.28. The van der Waals surface area contributed by atoms with Gasteiger partial charge in [-0.15, -0.1) is 10.2 Å². The summed E-state index contributed by atoms with van der Waals surface area (Å²) < 4.78 is 35.4. The van der Waals surface area contributed by atoms with E-state index in [1.165, 1.54) is 22.8 Å². The molecule has 1 amide bonds. The Morgan fingerprint density at radius 3 is 2.74 bits per heavy atom. The number of hydrogen-bond acceptors (Lipinski definition) is 7. The van der Waals surface area contributed by atoms with Gasteiger partial charge < -0.3 is 9.15 Å². The van der Waals surface area contributed by atoms with E-state index in [0.717, 1.165) is 0 Å². The van der Waals surface area contributed by atoms with Crippen LogP contribution in [0, 0.1) is 0 Å². The van der Waals surface area contributed by atoms with E-state index < -0.39 is 15.9 Å². The minimum atomic E-state index is -3.50. The number of amides is 1. The zero-order chi connectivity index (χ0) is 18.9. The van der Waals surface area contributed by atoms with Gasteiger partial charge in [0, 0.05) is 5.56 Å². The van der Waals surface area contributed by atoms with Crippen LogP contribution < -0.4 is 4.31 Å². The van der Waals surface area contributed by atoms with Gasteiger partial charge in [0.05, 0.1) is 24.5 Å². The van der Waals surface area contributed by atoms with Crippen LogP contribution >= 0.6 is 0 Å². The van der Waals surface area contributed by atoms with Crippen molar-refractivity contribution >= 4 is 38.4 Å².